The lowest BCUT2D eigenvalue weighted by Gasteiger charge is -2.06. The van der Waals surface area contributed by atoms with Crippen molar-refractivity contribution in [3.8, 4) is 44.5 Å². The highest BCUT2D eigenvalue weighted by atomic mass is 127. The molecule has 0 saturated heterocycles. The molecule has 0 unspecified atom stereocenters. The fourth-order valence-corrected chi connectivity index (χ4v) is 9.33. The fourth-order valence-electron chi connectivity index (χ4n) is 9.33. The van der Waals surface area contributed by atoms with Crippen molar-refractivity contribution in [1.82, 2.24) is 19.9 Å². The first-order chi connectivity index (χ1) is 31.9. The third-order valence-electron chi connectivity index (χ3n) is 13.0. The van der Waals surface area contributed by atoms with Crippen LogP contribution in [0.15, 0.2) is 122 Å². The van der Waals surface area contributed by atoms with Gasteiger partial charge >= 0.3 is 0 Å². The van der Waals surface area contributed by atoms with Crippen LogP contribution in [0.2, 0.25) is 0 Å². The maximum Gasteiger partial charge on any atom is 0.169 e. The fraction of sp³-hybridized carbons (Fsp3) is 0.298. The molecule has 8 bridgehead atoms. The molecule has 2 N–H and O–H groups in total. The number of aromatic amines is 2. The van der Waals surface area contributed by atoms with Gasteiger partial charge in [0, 0.05) is 99.3 Å². The predicted octanol–water partition coefficient (Wildman–Crippen LogP) is -0.198. The lowest BCUT2D eigenvalue weighted by molar-refractivity contribution is -0.697. The van der Waals surface area contributed by atoms with E-state index in [4.69, 9.17) is 9.97 Å². The van der Waals surface area contributed by atoms with Gasteiger partial charge in [0.1, 0.15) is 27.7 Å². The van der Waals surface area contributed by atoms with Crippen LogP contribution in [0, 0.1) is 0 Å². The normalized spacial score (nSPS) is 11.4. The van der Waals surface area contributed by atoms with Crippen molar-refractivity contribution in [3.05, 3.63) is 145 Å². The Labute approximate surface area is 477 Å². The summed E-state index contributed by atoms with van der Waals surface area (Å²) in [4.78, 5) is 18.7. The number of nitrogens with zero attached hydrogens (tertiary/aromatic N) is 6. The Bertz CT molecular complexity index is 2950. The van der Waals surface area contributed by atoms with Crippen molar-refractivity contribution in [2.45, 2.75) is 90.5 Å². The first kappa shape index (κ1) is 56.0. The number of H-pyrrole nitrogens is 2. The topological polar surface area (TPSA) is 72.9 Å². The number of aryl methyl sites for hydroxylation is 4. The minimum atomic E-state index is 0. The molecule has 0 radical (unpaired) electrons. The van der Waals surface area contributed by atoms with E-state index in [1.54, 1.807) is 0 Å². The van der Waals surface area contributed by atoms with Crippen LogP contribution < -0.4 is 114 Å². The standard InChI is InChI=1S/C57H63N8.4HI/c1-5-6-7-8-9-10-11-12-13-14-15-16-33-65-40-31-45(32-41-65)57-52-23-21-50(60-52)55(43-27-36-63(3)37-28-43)48-19-17-46(58-48)54(42-25-34-62(2)35-26-42)47-18-20-49(59-47)56(51-22-24-53(57)61-51)44-29-38-64(4)39-30-44;;;;/h17-32,34-41H,5-16,33H2,1-4H3,(H,58,59,60,61);4*1H/q+3;;;;/p-3. The molecular formula is C57H64I4N8. The number of nitrogens with one attached hydrogen (secondary N) is 2. The maximum atomic E-state index is 5.51. The van der Waals surface area contributed by atoms with Crippen LogP contribution in [0.5, 0.6) is 0 Å². The molecule has 0 amide bonds. The first-order valence-corrected chi connectivity index (χ1v) is 23.9. The van der Waals surface area contributed by atoms with Crippen LogP contribution in [-0.4, -0.2) is 19.9 Å². The van der Waals surface area contributed by atoms with E-state index < -0.39 is 0 Å². The van der Waals surface area contributed by atoms with Crippen LogP contribution in [0.25, 0.3) is 90.9 Å². The van der Waals surface area contributed by atoms with Gasteiger partial charge in [-0.2, -0.15) is 0 Å². The van der Waals surface area contributed by atoms with Crippen molar-refractivity contribution in [2.75, 3.05) is 0 Å². The summed E-state index contributed by atoms with van der Waals surface area (Å²) in [7, 11) is 6.15. The molecule has 0 atom stereocenters. The van der Waals surface area contributed by atoms with E-state index in [0.717, 1.165) is 95.9 Å². The zero-order valence-electron chi connectivity index (χ0n) is 40.2. The third-order valence-corrected chi connectivity index (χ3v) is 13.0. The summed E-state index contributed by atoms with van der Waals surface area (Å²) < 4.78 is 8.54. The monoisotopic (exact) mass is 1370 g/mol. The molecular weight excluding hydrogens is 1300 g/mol. The molecule has 12 heteroatoms. The van der Waals surface area contributed by atoms with Crippen molar-refractivity contribution < 1.29 is 114 Å². The number of halogens is 4. The van der Waals surface area contributed by atoms with Gasteiger partial charge in [0.15, 0.2) is 49.6 Å². The van der Waals surface area contributed by atoms with E-state index in [2.05, 4.69) is 196 Å². The second-order valence-corrected chi connectivity index (χ2v) is 18.0. The molecule has 7 aromatic rings. The molecule has 7 aromatic heterocycles. The van der Waals surface area contributed by atoms with E-state index in [1.165, 1.54) is 77.0 Å². The number of aromatic nitrogens is 8. The summed E-state index contributed by atoms with van der Waals surface area (Å²) in [5.41, 5.74) is 16.1. The van der Waals surface area contributed by atoms with Crippen LogP contribution in [-0.2, 0) is 27.7 Å². The van der Waals surface area contributed by atoms with Crippen molar-refractivity contribution in [1.29, 1.82) is 0 Å². The van der Waals surface area contributed by atoms with E-state index in [1.807, 2.05) is 7.05 Å². The van der Waals surface area contributed by atoms with Gasteiger partial charge in [0.2, 0.25) is 0 Å². The molecule has 2 aliphatic rings. The molecule has 0 fully saturated rings. The molecule has 2 aliphatic heterocycles. The molecule has 8 nitrogen and oxygen atoms in total. The first-order valence-electron chi connectivity index (χ1n) is 23.9. The summed E-state index contributed by atoms with van der Waals surface area (Å²) in [6.45, 7) is 3.31. The number of unbranched alkanes of at least 4 members (excludes halogenated alkanes) is 11. The highest BCUT2D eigenvalue weighted by Crippen LogP contribution is 2.38. The SMILES string of the molecule is CCCCCCCCCCCCCC[n+]1ccc(-c2c3nc(c(-c4cc[n+](C)cc4)c4ccc([nH]4)c(-c4cc[n+](C)cc4)c4nc(c(-c5cc[n+](C)cc5)c5ccc2[nH]5)C=C4)C=C3)cc1.[I-].[I-].[I-].[I-]. The Morgan fingerprint density at radius 3 is 0.899 bits per heavy atom. The Hall–Kier alpha value is -3.88. The average Bonchev–Trinajstić information content (AvgIpc) is 4.18. The summed E-state index contributed by atoms with van der Waals surface area (Å²) in [6, 6.07) is 26.3. The number of rotatable bonds is 17. The molecule has 0 aliphatic carbocycles. The molecule has 360 valence electrons. The Morgan fingerprint density at radius 2 is 0.609 bits per heavy atom. The molecule has 9 rings (SSSR count). The summed E-state index contributed by atoms with van der Waals surface area (Å²) >= 11 is 0. The van der Waals surface area contributed by atoms with Crippen molar-refractivity contribution >= 4 is 46.4 Å². The minimum Gasteiger partial charge on any atom is -1.00 e. The van der Waals surface area contributed by atoms with Crippen LogP contribution >= 0.6 is 0 Å². The average molecular weight is 1370 g/mol. The molecule has 0 spiro atoms. The smallest absolute Gasteiger partial charge is 0.169 e. The molecule has 69 heavy (non-hydrogen) atoms. The molecule has 0 saturated carbocycles. The Morgan fingerprint density at radius 1 is 0.348 bits per heavy atom. The quantitative estimate of drug-likeness (QED) is 0.0755. The van der Waals surface area contributed by atoms with Gasteiger partial charge in [0.25, 0.3) is 0 Å². The van der Waals surface area contributed by atoms with Crippen LogP contribution in [0.4, 0.5) is 0 Å². The molecule has 0 aromatic carbocycles. The maximum absolute atomic E-state index is 5.51. The van der Waals surface area contributed by atoms with Gasteiger partial charge in [-0.1, -0.05) is 71.1 Å². The van der Waals surface area contributed by atoms with Gasteiger partial charge < -0.3 is 106 Å². The number of hydrogen-bond acceptors (Lipinski definition) is 2. The van der Waals surface area contributed by atoms with Gasteiger partial charge in [-0.05, 0) is 77.2 Å². The van der Waals surface area contributed by atoms with Crippen LogP contribution in [0.3, 0.4) is 0 Å². The second-order valence-electron chi connectivity index (χ2n) is 18.0. The summed E-state index contributed by atoms with van der Waals surface area (Å²) in [6.07, 6.45) is 42.0. The highest BCUT2D eigenvalue weighted by molar-refractivity contribution is 5.99. The van der Waals surface area contributed by atoms with Gasteiger partial charge in [-0.25, -0.2) is 28.2 Å². The lowest BCUT2D eigenvalue weighted by Crippen LogP contribution is -3.00. The van der Waals surface area contributed by atoms with Gasteiger partial charge in [0.05, 0.1) is 22.8 Å². The van der Waals surface area contributed by atoms with Crippen molar-refractivity contribution in [3.63, 3.8) is 0 Å². The van der Waals surface area contributed by atoms with Gasteiger partial charge in [-0.15, -0.1) is 0 Å². The minimum absolute atomic E-state index is 0. The zero-order chi connectivity index (χ0) is 44.5. The third kappa shape index (κ3) is 13.8. The van der Waals surface area contributed by atoms with Crippen molar-refractivity contribution in [2.24, 2.45) is 21.1 Å². The number of fused-ring (bicyclic) bond motifs is 8. The van der Waals surface area contributed by atoms with E-state index >= 15 is 0 Å². The van der Waals surface area contributed by atoms with E-state index in [9.17, 15) is 0 Å². The van der Waals surface area contributed by atoms with E-state index in [-0.39, 0.29) is 95.9 Å². The second kappa shape index (κ2) is 27.1. The summed E-state index contributed by atoms with van der Waals surface area (Å²) in [5, 5.41) is 0. The van der Waals surface area contributed by atoms with Gasteiger partial charge in [-0.3, -0.25) is 0 Å². The predicted molar refractivity (Wildman–Crippen MR) is 265 cm³/mol. The zero-order valence-corrected chi connectivity index (χ0v) is 48.9. The van der Waals surface area contributed by atoms with E-state index in [0.29, 0.717) is 0 Å². The highest BCUT2D eigenvalue weighted by Gasteiger charge is 2.20. The lowest BCUT2D eigenvalue weighted by atomic mass is 10.0. The summed E-state index contributed by atoms with van der Waals surface area (Å²) in [5.74, 6) is 0. The molecule has 9 heterocycles. The van der Waals surface area contributed by atoms with Crippen LogP contribution in [0.1, 0.15) is 107 Å². The Balaban J connectivity index is 0.00000222. The number of hydrogen-bond donors (Lipinski definition) is 2. The number of pyridine rings is 4. The largest absolute Gasteiger partial charge is 1.00 e. The Kier molecular flexibility index (Phi) is 22.0.